The molecule has 2 N–H and O–H groups in total. The number of halogens is 1. The van der Waals surface area contributed by atoms with Gasteiger partial charge in [-0.2, -0.15) is 0 Å². The quantitative estimate of drug-likeness (QED) is 0.549. The van der Waals surface area contributed by atoms with E-state index in [0.29, 0.717) is 23.1 Å². The predicted octanol–water partition coefficient (Wildman–Crippen LogP) is 4.62. The number of carbonyl (C=O) groups excluding carboxylic acids is 2. The maximum absolute atomic E-state index is 13.8. The Morgan fingerprint density at radius 2 is 1.73 bits per heavy atom. The summed E-state index contributed by atoms with van der Waals surface area (Å²) in [6, 6.07) is 15.1. The van der Waals surface area contributed by atoms with Gasteiger partial charge >= 0.3 is 6.03 Å². The van der Waals surface area contributed by atoms with Crippen LogP contribution in [0, 0.1) is 5.82 Å². The van der Waals surface area contributed by atoms with E-state index in [4.69, 9.17) is 0 Å². The van der Waals surface area contributed by atoms with Gasteiger partial charge in [0.1, 0.15) is 10.8 Å². The number of rotatable bonds is 8. The Hall–Kier alpha value is -3.33. The van der Waals surface area contributed by atoms with Gasteiger partial charge in [0.2, 0.25) is 11.0 Å². The van der Waals surface area contributed by atoms with E-state index in [9.17, 15) is 14.0 Å². The Kier molecular flexibility index (Phi) is 7.45. The fourth-order valence-corrected chi connectivity index (χ4v) is 3.50. The molecule has 1 aromatic heterocycles. The zero-order valence-electron chi connectivity index (χ0n) is 16.5. The van der Waals surface area contributed by atoms with E-state index < -0.39 is 11.8 Å². The molecule has 7 nitrogen and oxygen atoms in total. The molecule has 0 saturated heterocycles. The summed E-state index contributed by atoms with van der Waals surface area (Å²) in [4.78, 5) is 26.3. The molecule has 3 aromatic rings. The number of hydrogen-bond acceptors (Lipinski definition) is 5. The number of benzene rings is 2. The summed E-state index contributed by atoms with van der Waals surface area (Å²) >= 11 is 1.28. The highest BCUT2D eigenvalue weighted by Crippen LogP contribution is 2.25. The van der Waals surface area contributed by atoms with Crippen LogP contribution in [-0.4, -0.2) is 40.1 Å². The smallest absolute Gasteiger partial charge is 0.321 e. The van der Waals surface area contributed by atoms with Crippen LogP contribution in [0.2, 0.25) is 0 Å². The summed E-state index contributed by atoms with van der Waals surface area (Å²) in [6.07, 6.45) is 0.800. The highest BCUT2D eigenvalue weighted by atomic mass is 32.1. The average molecular weight is 428 g/mol. The first-order chi connectivity index (χ1) is 14.6. The third kappa shape index (κ3) is 5.84. The molecule has 0 fully saturated rings. The lowest BCUT2D eigenvalue weighted by Crippen LogP contribution is -2.37. The number of aromatic nitrogens is 2. The molecule has 0 unspecified atom stereocenters. The van der Waals surface area contributed by atoms with Gasteiger partial charge in [0, 0.05) is 25.1 Å². The van der Waals surface area contributed by atoms with E-state index in [-0.39, 0.29) is 24.6 Å². The molecule has 0 radical (unpaired) electrons. The number of hydrogen-bond donors (Lipinski definition) is 2. The Morgan fingerprint density at radius 1 is 1.00 bits per heavy atom. The van der Waals surface area contributed by atoms with Crippen LogP contribution >= 0.6 is 11.3 Å². The first-order valence-corrected chi connectivity index (χ1v) is 10.4. The molecule has 3 rings (SSSR count). The van der Waals surface area contributed by atoms with Crippen LogP contribution in [0.25, 0.3) is 10.6 Å². The number of amides is 3. The second-order valence-electron chi connectivity index (χ2n) is 6.47. The van der Waals surface area contributed by atoms with Crippen LogP contribution in [0.15, 0.2) is 54.6 Å². The largest absolute Gasteiger partial charge is 0.324 e. The minimum atomic E-state index is -0.509. The molecule has 0 spiro atoms. The second kappa shape index (κ2) is 10.4. The van der Waals surface area contributed by atoms with Gasteiger partial charge in [-0.15, -0.1) is 10.2 Å². The molecular formula is C21H22FN5O2S. The highest BCUT2D eigenvalue weighted by molar-refractivity contribution is 7.18. The summed E-state index contributed by atoms with van der Waals surface area (Å²) in [5.74, 6) is -0.781. The van der Waals surface area contributed by atoms with Crippen molar-refractivity contribution in [3.8, 4) is 10.6 Å². The number of nitrogens with zero attached hydrogens (tertiary/aromatic N) is 3. The number of anilines is 2. The summed E-state index contributed by atoms with van der Waals surface area (Å²) in [5, 5.41) is 14.5. The first kappa shape index (κ1) is 21.4. The Labute approximate surface area is 177 Å². The summed E-state index contributed by atoms with van der Waals surface area (Å²) in [6.45, 7) is 2.57. The van der Waals surface area contributed by atoms with Gasteiger partial charge in [-0.1, -0.05) is 60.7 Å². The molecule has 3 amide bonds. The molecule has 0 saturated carbocycles. The van der Waals surface area contributed by atoms with E-state index in [1.165, 1.54) is 28.4 Å². The van der Waals surface area contributed by atoms with Gasteiger partial charge < -0.3 is 15.5 Å². The molecule has 0 bridgehead atoms. The number of carbonyl (C=O) groups is 2. The van der Waals surface area contributed by atoms with Gasteiger partial charge in [0.15, 0.2) is 0 Å². The predicted molar refractivity (Wildman–Crippen MR) is 116 cm³/mol. The van der Waals surface area contributed by atoms with Crippen molar-refractivity contribution in [1.29, 1.82) is 0 Å². The van der Waals surface area contributed by atoms with Crippen molar-refractivity contribution in [3.63, 3.8) is 0 Å². The van der Waals surface area contributed by atoms with Crippen LogP contribution in [0.1, 0.15) is 19.8 Å². The maximum Gasteiger partial charge on any atom is 0.321 e. The van der Waals surface area contributed by atoms with E-state index >= 15 is 0 Å². The minimum Gasteiger partial charge on any atom is -0.324 e. The topological polar surface area (TPSA) is 87.2 Å². The van der Waals surface area contributed by atoms with E-state index in [1.54, 1.807) is 12.1 Å². The Bertz CT molecular complexity index is 996. The number of para-hydroxylation sites is 1. The van der Waals surface area contributed by atoms with Crippen molar-refractivity contribution in [3.05, 3.63) is 60.4 Å². The zero-order valence-corrected chi connectivity index (χ0v) is 17.3. The van der Waals surface area contributed by atoms with Gasteiger partial charge in [-0.05, 0) is 18.6 Å². The lowest BCUT2D eigenvalue weighted by Gasteiger charge is -2.22. The molecule has 2 aromatic carbocycles. The monoisotopic (exact) mass is 427 g/mol. The highest BCUT2D eigenvalue weighted by Gasteiger charge is 2.17. The van der Waals surface area contributed by atoms with Gasteiger partial charge in [-0.25, -0.2) is 9.18 Å². The minimum absolute atomic E-state index is 0.0882. The molecule has 30 heavy (non-hydrogen) atoms. The summed E-state index contributed by atoms with van der Waals surface area (Å²) < 4.78 is 13.8. The third-order valence-electron chi connectivity index (χ3n) is 4.20. The lowest BCUT2D eigenvalue weighted by atomic mass is 10.2. The normalized spacial score (nSPS) is 10.5. The average Bonchev–Trinajstić information content (AvgIpc) is 3.21. The molecule has 1 heterocycles. The number of nitrogens with one attached hydrogen (secondary N) is 2. The van der Waals surface area contributed by atoms with Crippen molar-refractivity contribution in [1.82, 2.24) is 15.1 Å². The lowest BCUT2D eigenvalue weighted by molar-refractivity contribution is -0.116. The van der Waals surface area contributed by atoms with E-state index in [0.717, 1.165) is 5.56 Å². The SMILES string of the molecule is CCCN(CCC(=O)Nc1nnc(-c2ccccc2)s1)C(=O)Nc1ccccc1F. The van der Waals surface area contributed by atoms with E-state index in [2.05, 4.69) is 20.8 Å². The van der Waals surface area contributed by atoms with Crippen molar-refractivity contribution in [2.75, 3.05) is 23.7 Å². The van der Waals surface area contributed by atoms with Gasteiger partial charge in [0.05, 0.1) is 5.69 Å². The van der Waals surface area contributed by atoms with Gasteiger partial charge in [0.25, 0.3) is 0 Å². The maximum atomic E-state index is 13.8. The fraction of sp³-hybridized carbons (Fsp3) is 0.238. The van der Waals surface area contributed by atoms with Crippen molar-refractivity contribution >= 4 is 34.1 Å². The zero-order chi connectivity index (χ0) is 21.3. The first-order valence-electron chi connectivity index (χ1n) is 9.56. The summed E-state index contributed by atoms with van der Waals surface area (Å²) in [5.41, 5.74) is 1.03. The molecule has 0 aliphatic rings. The molecular weight excluding hydrogens is 405 g/mol. The van der Waals surface area contributed by atoms with Crippen LogP contribution in [0.4, 0.5) is 20.0 Å². The van der Waals surface area contributed by atoms with Crippen molar-refractivity contribution < 1.29 is 14.0 Å². The van der Waals surface area contributed by atoms with Crippen molar-refractivity contribution in [2.24, 2.45) is 0 Å². The van der Waals surface area contributed by atoms with Crippen LogP contribution in [-0.2, 0) is 4.79 Å². The fourth-order valence-electron chi connectivity index (χ4n) is 2.73. The number of urea groups is 1. The molecule has 0 aliphatic carbocycles. The third-order valence-corrected chi connectivity index (χ3v) is 5.08. The molecule has 9 heteroatoms. The van der Waals surface area contributed by atoms with Crippen LogP contribution in [0.5, 0.6) is 0 Å². The summed E-state index contributed by atoms with van der Waals surface area (Å²) in [7, 11) is 0. The van der Waals surface area contributed by atoms with Gasteiger partial charge in [-0.3, -0.25) is 4.79 Å². The van der Waals surface area contributed by atoms with Crippen LogP contribution in [0.3, 0.4) is 0 Å². The van der Waals surface area contributed by atoms with Crippen LogP contribution < -0.4 is 10.6 Å². The Balaban J connectivity index is 1.54. The molecule has 156 valence electrons. The van der Waals surface area contributed by atoms with E-state index in [1.807, 2.05) is 37.3 Å². The second-order valence-corrected chi connectivity index (χ2v) is 7.45. The molecule has 0 aliphatic heterocycles. The standard InChI is InChI=1S/C21H22FN5O2S/c1-2-13-27(21(29)23-17-11-7-6-10-16(17)22)14-12-18(28)24-20-26-25-19(30-20)15-8-4-3-5-9-15/h3-11H,2,12-14H2,1H3,(H,23,29)(H,24,26,28). The molecule has 0 atom stereocenters. The Morgan fingerprint density at radius 3 is 2.47 bits per heavy atom. The van der Waals surface area contributed by atoms with Crippen molar-refractivity contribution in [2.45, 2.75) is 19.8 Å².